The maximum atomic E-state index is 10.6. The Hall–Kier alpha value is -1.94. The smallest absolute Gasteiger partial charge is 0.0941 e. The predicted molar refractivity (Wildman–Crippen MR) is 86.9 cm³/mol. The maximum Gasteiger partial charge on any atom is 0.0941 e. The molecule has 114 valence electrons. The molecule has 0 bridgehead atoms. The highest BCUT2D eigenvalue weighted by Crippen LogP contribution is 2.32. The number of aliphatic hydroxyl groups excluding tert-OH is 1. The van der Waals surface area contributed by atoms with Crippen LogP contribution < -0.4 is 5.22 Å². The molecule has 1 saturated carbocycles. The van der Waals surface area contributed by atoms with E-state index in [-0.39, 0.29) is 12.0 Å². The fourth-order valence-corrected chi connectivity index (χ4v) is 3.74. The van der Waals surface area contributed by atoms with E-state index in [1.165, 1.54) is 16.4 Å². The molecule has 0 radical (unpaired) electrons. The van der Waals surface area contributed by atoms with Gasteiger partial charge < -0.3 is 5.11 Å². The zero-order valence-electron chi connectivity index (χ0n) is 12.7. The number of rotatable bonds is 3. The Morgan fingerprint density at radius 2 is 2.18 bits per heavy atom. The van der Waals surface area contributed by atoms with Crippen LogP contribution in [-0.2, 0) is 0 Å². The van der Waals surface area contributed by atoms with Crippen LogP contribution in [0.25, 0.3) is 17.7 Å². The van der Waals surface area contributed by atoms with Gasteiger partial charge in [-0.2, -0.15) is 0 Å². The average Bonchev–Trinajstić information content (AvgIpc) is 3.09. The SMILES string of the molecule is C=C1CCC(C(O)CC2C=Cc3cn4nncc4c3=C2)CC1. The summed E-state index contributed by atoms with van der Waals surface area (Å²) in [5.74, 6) is 0.707. The zero-order valence-corrected chi connectivity index (χ0v) is 12.7. The molecule has 0 spiro atoms. The van der Waals surface area contributed by atoms with Crippen molar-refractivity contribution in [1.29, 1.82) is 0 Å². The van der Waals surface area contributed by atoms with Crippen LogP contribution in [-0.4, -0.2) is 26.0 Å². The van der Waals surface area contributed by atoms with Crippen LogP contribution >= 0.6 is 0 Å². The molecule has 0 saturated heterocycles. The molecule has 0 aliphatic heterocycles. The third-order valence-electron chi connectivity index (χ3n) is 5.12. The third-order valence-corrected chi connectivity index (χ3v) is 5.12. The summed E-state index contributed by atoms with van der Waals surface area (Å²) in [5, 5.41) is 19.8. The van der Waals surface area contributed by atoms with E-state index >= 15 is 0 Å². The van der Waals surface area contributed by atoms with Gasteiger partial charge in [0.25, 0.3) is 0 Å². The summed E-state index contributed by atoms with van der Waals surface area (Å²) in [5.41, 5.74) is 3.57. The molecule has 2 heterocycles. The van der Waals surface area contributed by atoms with Crippen molar-refractivity contribution >= 4 is 17.7 Å². The summed E-state index contributed by atoms with van der Waals surface area (Å²) in [7, 11) is 0. The van der Waals surface area contributed by atoms with Crippen molar-refractivity contribution in [1.82, 2.24) is 14.8 Å². The molecular weight excluding hydrogens is 274 g/mol. The highest BCUT2D eigenvalue weighted by molar-refractivity contribution is 5.67. The van der Waals surface area contributed by atoms with Crippen LogP contribution in [0.1, 0.15) is 37.7 Å². The Morgan fingerprint density at radius 3 is 3.00 bits per heavy atom. The van der Waals surface area contributed by atoms with Crippen molar-refractivity contribution in [3.63, 3.8) is 0 Å². The first kappa shape index (κ1) is 13.7. The molecule has 0 aromatic carbocycles. The molecule has 2 atom stereocenters. The van der Waals surface area contributed by atoms with E-state index in [4.69, 9.17) is 0 Å². The van der Waals surface area contributed by atoms with Crippen molar-refractivity contribution in [2.45, 2.75) is 38.2 Å². The number of fused-ring (bicyclic) bond motifs is 3. The van der Waals surface area contributed by atoms with Gasteiger partial charge in [-0.05, 0) is 43.9 Å². The first-order valence-corrected chi connectivity index (χ1v) is 8.08. The highest BCUT2D eigenvalue weighted by Gasteiger charge is 2.25. The lowest BCUT2D eigenvalue weighted by Gasteiger charge is -2.29. The summed E-state index contributed by atoms with van der Waals surface area (Å²) >= 11 is 0. The number of nitrogens with zero attached hydrogens (tertiary/aromatic N) is 3. The molecule has 22 heavy (non-hydrogen) atoms. The zero-order chi connectivity index (χ0) is 15.1. The predicted octanol–water partition coefficient (Wildman–Crippen LogP) is 2.37. The van der Waals surface area contributed by atoms with E-state index in [9.17, 15) is 5.11 Å². The third kappa shape index (κ3) is 2.37. The summed E-state index contributed by atoms with van der Waals surface area (Å²) in [6.07, 6.45) is 15.3. The van der Waals surface area contributed by atoms with Gasteiger partial charge in [0.1, 0.15) is 0 Å². The van der Waals surface area contributed by atoms with Crippen LogP contribution in [0.4, 0.5) is 0 Å². The normalized spacial score (nSPS) is 23.5. The minimum atomic E-state index is -0.227. The van der Waals surface area contributed by atoms with E-state index in [1.807, 2.05) is 10.7 Å². The Bertz CT molecular complexity index is 779. The molecule has 4 rings (SSSR count). The van der Waals surface area contributed by atoms with E-state index < -0.39 is 0 Å². The number of aliphatic hydroxyl groups is 1. The van der Waals surface area contributed by atoms with Crippen molar-refractivity contribution in [3.05, 3.63) is 41.4 Å². The number of allylic oxidation sites excluding steroid dienone is 2. The lowest BCUT2D eigenvalue weighted by atomic mass is 9.80. The Labute approximate surface area is 129 Å². The summed E-state index contributed by atoms with van der Waals surface area (Å²) in [4.78, 5) is 0. The first-order chi connectivity index (χ1) is 10.7. The number of aromatic nitrogens is 3. The molecule has 2 aromatic rings. The van der Waals surface area contributed by atoms with E-state index in [0.29, 0.717) is 5.92 Å². The van der Waals surface area contributed by atoms with Gasteiger partial charge >= 0.3 is 0 Å². The van der Waals surface area contributed by atoms with E-state index in [2.05, 4.69) is 35.1 Å². The van der Waals surface area contributed by atoms with Gasteiger partial charge in [-0.3, -0.25) is 0 Å². The minimum Gasteiger partial charge on any atom is -0.393 e. The number of hydrogen-bond acceptors (Lipinski definition) is 3. The topological polar surface area (TPSA) is 50.4 Å². The second-order valence-corrected chi connectivity index (χ2v) is 6.64. The molecule has 0 amide bonds. The summed E-state index contributed by atoms with van der Waals surface area (Å²) in [6, 6.07) is 0. The quantitative estimate of drug-likeness (QED) is 0.885. The van der Waals surface area contributed by atoms with Gasteiger partial charge in [-0.1, -0.05) is 35.6 Å². The number of hydrogen-bond donors (Lipinski definition) is 1. The Kier molecular flexibility index (Phi) is 3.34. The minimum absolute atomic E-state index is 0.227. The standard InChI is InChI=1S/C18H21N3O/c1-12-2-5-14(6-3-12)18(22)9-13-4-7-15-11-21-17(10-19-20-21)16(15)8-13/h4,7-8,10-11,13-14,18,22H,1-3,5-6,9H2. The van der Waals surface area contributed by atoms with Gasteiger partial charge in [-0.15, -0.1) is 5.10 Å². The van der Waals surface area contributed by atoms with Gasteiger partial charge in [0.05, 0.1) is 17.8 Å². The van der Waals surface area contributed by atoms with Crippen LogP contribution in [0, 0.1) is 11.8 Å². The molecule has 1 fully saturated rings. The first-order valence-electron chi connectivity index (χ1n) is 8.08. The largest absolute Gasteiger partial charge is 0.393 e. The van der Waals surface area contributed by atoms with Crippen LogP contribution in [0.3, 0.4) is 0 Å². The summed E-state index contributed by atoms with van der Waals surface area (Å²) < 4.78 is 1.82. The van der Waals surface area contributed by atoms with Gasteiger partial charge in [0.15, 0.2) is 0 Å². The lowest BCUT2D eigenvalue weighted by Crippen LogP contribution is -2.26. The average molecular weight is 295 g/mol. The second-order valence-electron chi connectivity index (χ2n) is 6.64. The molecule has 2 aromatic heterocycles. The fraction of sp³-hybridized carbons (Fsp3) is 0.444. The second kappa shape index (κ2) is 5.36. The Balaban J connectivity index is 1.51. The molecule has 2 aliphatic rings. The lowest BCUT2D eigenvalue weighted by molar-refractivity contribution is 0.0793. The Morgan fingerprint density at radius 1 is 1.36 bits per heavy atom. The molecule has 2 unspecified atom stereocenters. The molecule has 4 nitrogen and oxygen atoms in total. The monoisotopic (exact) mass is 295 g/mol. The molecular formula is C18H21N3O. The van der Waals surface area contributed by atoms with Crippen molar-refractivity contribution in [3.8, 4) is 0 Å². The van der Waals surface area contributed by atoms with Crippen LogP contribution in [0.15, 0.2) is 30.6 Å². The van der Waals surface area contributed by atoms with E-state index in [0.717, 1.165) is 37.6 Å². The van der Waals surface area contributed by atoms with E-state index in [1.54, 1.807) is 6.20 Å². The van der Waals surface area contributed by atoms with Gasteiger partial charge in [0.2, 0.25) is 0 Å². The van der Waals surface area contributed by atoms with Crippen LogP contribution in [0.2, 0.25) is 0 Å². The van der Waals surface area contributed by atoms with Gasteiger partial charge in [-0.25, -0.2) is 4.52 Å². The van der Waals surface area contributed by atoms with Gasteiger partial charge in [0, 0.05) is 17.0 Å². The van der Waals surface area contributed by atoms with Crippen LogP contribution in [0.5, 0.6) is 0 Å². The van der Waals surface area contributed by atoms with Crippen molar-refractivity contribution < 1.29 is 5.11 Å². The molecule has 4 heteroatoms. The highest BCUT2D eigenvalue weighted by atomic mass is 16.3. The van der Waals surface area contributed by atoms with Crippen molar-refractivity contribution in [2.24, 2.45) is 11.8 Å². The maximum absolute atomic E-state index is 10.6. The van der Waals surface area contributed by atoms with Crippen molar-refractivity contribution in [2.75, 3.05) is 0 Å². The fourth-order valence-electron chi connectivity index (χ4n) is 3.74. The summed E-state index contributed by atoms with van der Waals surface area (Å²) in [6.45, 7) is 4.05. The molecule has 1 N–H and O–H groups in total. The molecule has 2 aliphatic carbocycles.